The predicted octanol–water partition coefficient (Wildman–Crippen LogP) is 2.45. The van der Waals surface area contributed by atoms with Crippen molar-refractivity contribution in [3.8, 4) is 0 Å². The second kappa shape index (κ2) is 4.07. The molecule has 20 heavy (non-hydrogen) atoms. The maximum Gasteiger partial charge on any atom is 0.251 e. The van der Waals surface area contributed by atoms with Crippen LogP contribution in [0.2, 0.25) is 0 Å². The van der Waals surface area contributed by atoms with Crippen LogP contribution in [0.1, 0.15) is 22.7 Å². The van der Waals surface area contributed by atoms with Crippen LogP contribution in [0.15, 0.2) is 36.5 Å². The minimum Gasteiger partial charge on any atom is -0.339 e. The van der Waals surface area contributed by atoms with E-state index in [1.807, 2.05) is 37.4 Å². The second-order valence-electron chi connectivity index (χ2n) is 5.36. The normalized spacial score (nSPS) is 19.8. The number of benzene rings is 1. The summed E-state index contributed by atoms with van der Waals surface area (Å²) in [4.78, 5) is 19.1. The highest BCUT2D eigenvalue weighted by atomic mass is 16.2. The Kier molecular flexibility index (Phi) is 2.33. The number of aryl methyl sites for hydroxylation is 1. The fraction of sp³-hybridized carbons (Fsp3) is 0.250. The van der Waals surface area contributed by atoms with Gasteiger partial charge in [-0.2, -0.15) is 0 Å². The molecule has 2 aromatic rings. The van der Waals surface area contributed by atoms with Crippen molar-refractivity contribution in [1.29, 1.82) is 0 Å². The van der Waals surface area contributed by atoms with E-state index in [0.717, 1.165) is 35.6 Å². The lowest BCUT2D eigenvalue weighted by molar-refractivity contribution is -0.118. The topological polar surface area (TPSA) is 45.2 Å². The summed E-state index contributed by atoms with van der Waals surface area (Å²) in [7, 11) is 0. The van der Waals surface area contributed by atoms with Crippen LogP contribution in [0.25, 0.3) is 0 Å². The van der Waals surface area contributed by atoms with Crippen molar-refractivity contribution in [3.63, 3.8) is 0 Å². The first kappa shape index (κ1) is 11.5. The van der Waals surface area contributed by atoms with Gasteiger partial charge in [-0.25, -0.2) is 4.98 Å². The first-order chi connectivity index (χ1) is 9.75. The molecule has 0 radical (unpaired) electrons. The smallest absolute Gasteiger partial charge is 0.251 e. The van der Waals surface area contributed by atoms with E-state index in [2.05, 4.69) is 21.3 Å². The maximum atomic E-state index is 12.5. The van der Waals surface area contributed by atoms with Gasteiger partial charge in [0.15, 0.2) is 5.82 Å². The summed E-state index contributed by atoms with van der Waals surface area (Å²) in [5.74, 6) is 0.935. The summed E-state index contributed by atoms with van der Waals surface area (Å²) in [6.45, 7) is 2.83. The Morgan fingerprint density at radius 1 is 1.30 bits per heavy atom. The molecule has 0 saturated carbocycles. The van der Waals surface area contributed by atoms with E-state index < -0.39 is 0 Å². The Balaban J connectivity index is 1.90. The number of pyridine rings is 1. The monoisotopic (exact) mass is 265 g/mol. The summed E-state index contributed by atoms with van der Waals surface area (Å²) >= 11 is 0. The molecule has 3 heterocycles. The van der Waals surface area contributed by atoms with Gasteiger partial charge in [0.2, 0.25) is 0 Å². The molecule has 4 rings (SSSR count). The van der Waals surface area contributed by atoms with Crippen LogP contribution in [-0.4, -0.2) is 17.4 Å². The first-order valence-electron chi connectivity index (χ1n) is 6.86. The lowest BCUT2D eigenvalue weighted by Gasteiger charge is -2.41. The molecule has 0 bridgehead atoms. The fourth-order valence-corrected chi connectivity index (χ4v) is 3.19. The van der Waals surface area contributed by atoms with Gasteiger partial charge in [-0.05, 0) is 36.1 Å². The molecule has 100 valence electrons. The molecule has 0 saturated heterocycles. The minimum absolute atomic E-state index is 0.0424. The second-order valence-corrected chi connectivity index (χ2v) is 5.36. The van der Waals surface area contributed by atoms with Crippen LogP contribution in [0.5, 0.6) is 0 Å². The summed E-state index contributed by atoms with van der Waals surface area (Å²) in [5, 5.41) is 3.03. The largest absolute Gasteiger partial charge is 0.339 e. The van der Waals surface area contributed by atoms with Crippen molar-refractivity contribution in [3.05, 3.63) is 53.2 Å². The van der Waals surface area contributed by atoms with Gasteiger partial charge < -0.3 is 10.2 Å². The van der Waals surface area contributed by atoms with Crippen LogP contribution in [-0.2, 0) is 11.2 Å². The first-order valence-corrected chi connectivity index (χ1v) is 6.86. The highest BCUT2D eigenvalue weighted by molar-refractivity contribution is 6.04. The van der Waals surface area contributed by atoms with Crippen LogP contribution in [0.4, 0.5) is 11.5 Å². The van der Waals surface area contributed by atoms with Crippen LogP contribution in [0, 0.1) is 6.92 Å². The number of carbonyl (C=O) groups is 1. The third-order valence-electron chi connectivity index (χ3n) is 4.19. The SMILES string of the molecule is Cc1ccnc2c1NC(=O)C1c3ccccc3CCN21. The van der Waals surface area contributed by atoms with Gasteiger partial charge >= 0.3 is 0 Å². The number of anilines is 2. The Hall–Kier alpha value is -2.36. The van der Waals surface area contributed by atoms with Gasteiger partial charge in [0, 0.05) is 12.7 Å². The maximum absolute atomic E-state index is 12.5. The van der Waals surface area contributed by atoms with E-state index >= 15 is 0 Å². The minimum atomic E-state index is -0.248. The van der Waals surface area contributed by atoms with Crippen LogP contribution < -0.4 is 10.2 Å². The van der Waals surface area contributed by atoms with E-state index in [-0.39, 0.29) is 11.9 Å². The Morgan fingerprint density at radius 2 is 2.15 bits per heavy atom. The standard InChI is InChI=1S/C16H15N3O/c1-10-6-8-17-15-13(10)18-16(20)14-12-5-3-2-4-11(12)7-9-19(14)15/h2-6,8,14H,7,9H2,1H3,(H,18,20). The highest BCUT2D eigenvalue weighted by Crippen LogP contribution is 2.41. The zero-order chi connectivity index (χ0) is 13.7. The molecule has 1 atom stereocenters. The van der Waals surface area contributed by atoms with Gasteiger partial charge in [0.1, 0.15) is 6.04 Å². The van der Waals surface area contributed by atoms with Crippen molar-refractivity contribution < 1.29 is 4.79 Å². The Bertz CT molecular complexity index is 711. The van der Waals surface area contributed by atoms with Crippen LogP contribution >= 0.6 is 0 Å². The zero-order valence-electron chi connectivity index (χ0n) is 11.3. The average Bonchev–Trinajstić information content (AvgIpc) is 2.48. The van der Waals surface area contributed by atoms with Crippen molar-refractivity contribution in [2.24, 2.45) is 0 Å². The van der Waals surface area contributed by atoms with E-state index in [1.165, 1.54) is 5.56 Å². The third kappa shape index (κ3) is 1.48. The number of hydrogen-bond donors (Lipinski definition) is 1. The highest BCUT2D eigenvalue weighted by Gasteiger charge is 2.38. The summed E-state index contributed by atoms with van der Waals surface area (Å²) < 4.78 is 0. The number of fused-ring (bicyclic) bond motifs is 5. The van der Waals surface area contributed by atoms with Crippen molar-refractivity contribution in [1.82, 2.24) is 4.98 Å². The molecule has 1 amide bonds. The van der Waals surface area contributed by atoms with E-state index in [0.29, 0.717) is 0 Å². The molecular formula is C16H15N3O. The number of rotatable bonds is 0. The number of nitrogens with zero attached hydrogens (tertiary/aromatic N) is 2. The number of nitrogens with one attached hydrogen (secondary N) is 1. The molecule has 4 nitrogen and oxygen atoms in total. The van der Waals surface area contributed by atoms with E-state index in [4.69, 9.17) is 0 Å². The Labute approximate surface area is 117 Å². The molecule has 1 aromatic heterocycles. The van der Waals surface area contributed by atoms with E-state index in [9.17, 15) is 4.79 Å². The van der Waals surface area contributed by atoms with Gasteiger partial charge in [-0.15, -0.1) is 0 Å². The van der Waals surface area contributed by atoms with Crippen LogP contribution in [0.3, 0.4) is 0 Å². The zero-order valence-corrected chi connectivity index (χ0v) is 11.3. The number of aromatic nitrogens is 1. The molecule has 2 aliphatic heterocycles. The summed E-state index contributed by atoms with van der Waals surface area (Å²) in [5.41, 5.74) is 4.28. The molecule has 2 aliphatic rings. The van der Waals surface area contributed by atoms with Gasteiger partial charge in [0.25, 0.3) is 5.91 Å². The predicted molar refractivity (Wildman–Crippen MR) is 77.8 cm³/mol. The van der Waals surface area contributed by atoms with Gasteiger partial charge in [0.05, 0.1) is 5.69 Å². The van der Waals surface area contributed by atoms with Crippen molar-refractivity contribution in [2.75, 3.05) is 16.8 Å². The molecule has 1 aromatic carbocycles. The van der Waals surface area contributed by atoms with Crippen molar-refractivity contribution >= 4 is 17.4 Å². The molecular weight excluding hydrogens is 250 g/mol. The lowest BCUT2D eigenvalue weighted by atomic mass is 9.90. The van der Waals surface area contributed by atoms with Gasteiger partial charge in [-0.1, -0.05) is 24.3 Å². The molecule has 0 aliphatic carbocycles. The molecule has 1 N–H and O–H groups in total. The Morgan fingerprint density at radius 3 is 3.05 bits per heavy atom. The summed E-state index contributed by atoms with van der Waals surface area (Å²) in [6, 6.07) is 9.87. The van der Waals surface area contributed by atoms with Gasteiger partial charge in [-0.3, -0.25) is 4.79 Å². The average molecular weight is 265 g/mol. The lowest BCUT2D eigenvalue weighted by Crippen LogP contribution is -2.46. The molecule has 0 fully saturated rings. The molecule has 0 spiro atoms. The number of carbonyl (C=O) groups excluding carboxylic acids is 1. The van der Waals surface area contributed by atoms with Crippen molar-refractivity contribution in [2.45, 2.75) is 19.4 Å². The third-order valence-corrected chi connectivity index (χ3v) is 4.19. The quantitative estimate of drug-likeness (QED) is 0.795. The fourth-order valence-electron chi connectivity index (χ4n) is 3.19. The van der Waals surface area contributed by atoms with E-state index in [1.54, 1.807) is 0 Å². The molecule has 4 heteroatoms. The molecule has 1 unspecified atom stereocenters. The summed E-state index contributed by atoms with van der Waals surface area (Å²) in [6.07, 6.45) is 2.76. The number of hydrogen-bond acceptors (Lipinski definition) is 3. The number of amides is 1.